The molecule has 0 radical (unpaired) electrons. The number of benzene rings is 1. The Morgan fingerprint density at radius 1 is 1.12 bits per heavy atom. The van der Waals surface area contributed by atoms with E-state index in [0.29, 0.717) is 40.4 Å². The third-order valence-electron chi connectivity index (χ3n) is 5.85. The molecule has 1 amide bonds. The molecule has 3 aromatic heterocycles. The summed E-state index contributed by atoms with van der Waals surface area (Å²) in [7, 11) is -3.71. The molecule has 0 aliphatic carbocycles. The molecule has 9 nitrogen and oxygen atoms in total. The Hall–Kier alpha value is -3.21. The van der Waals surface area contributed by atoms with Gasteiger partial charge in [-0.2, -0.15) is 9.40 Å². The number of amides is 1. The van der Waals surface area contributed by atoms with Crippen LogP contribution in [0.1, 0.15) is 16.1 Å². The third-order valence-corrected chi connectivity index (χ3v) is 8.02. The van der Waals surface area contributed by atoms with Crippen LogP contribution >= 0.6 is 11.6 Å². The van der Waals surface area contributed by atoms with Gasteiger partial charge in [0.15, 0.2) is 0 Å². The van der Waals surface area contributed by atoms with Gasteiger partial charge in [-0.1, -0.05) is 17.7 Å². The van der Waals surface area contributed by atoms with Crippen molar-refractivity contribution in [3.63, 3.8) is 0 Å². The van der Waals surface area contributed by atoms with Crippen molar-refractivity contribution >= 4 is 38.6 Å². The molecule has 0 unspecified atom stereocenters. The molecule has 1 aliphatic heterocycles. The van der Waals surface area contributed by atoms with Gasteiger partial charge in [0, 0.05) is 49.0 Å². The van der Waals surface area contributed by atoms with E-state index in [1.54, 1.807) is 46.2 Å². The van der Waals surface area contributed by atoms with Gasteiger partial charge in [-0.3, -0.25) is 4.79 Å². The summed E-state index contributed by atoms with van der Waals surface area (Å²) in [5.74, 6) is -0.172. The van der Waals surface area contributed by atoms with Gasteiger partial charge in [0.1, 0.15) is 10.5 Å². The van der Waals surface area contributed by atoms with Crippen LogP contribution in [0.5, 0.6) is 0 Å². The number of aromatic nitrogens is 4. The maximum atomic E-state index is 13.2. The number of sulfonamides is 1. The van der Waals surface area contributed by atoms with E-state index in [2.05, 4.69) is 15.1 Å². The van der Waals surface area contributed by atoms with Gasteiger partial charge in [0.25, 0.3) is 5.91 Å². The summed E-state index contributed by atoms with van der Waals surface area (Å²) in [6.45, 7) is 2.83. The maximum Gasteiger partial charge on any atom is 0.257 e. The zero-order valence-corrected chi connectivity index (χ0v) is 19.3. The van der Waals surface area contributed by atoms with E-state index in [9.17, 15) is 13.2 Å². The summed E-state index contributed by atoms with van der Waals surface area (Å²) >= 11 is 6.08. The van der Waals surface area contributed by atoms with Gasteiger partial charge in [-0.25, -0.2) is 18.1 Å². The molecule has 1 aromatic carbocycles. The van der Waals surface area contributed by atoms with Crippen LogP contribution < -0.4 is 0 Å². The van der Waals surface area contributed by atoms with Gasteiger partial charge >= 0.3 is 0 Å². The zero-order valence-electron chi connectivity index (χ0n) is 17.8. The first kappa shape index (κ1) is 21.6. The Balaban J connectivity index is 1.32. The Bertz CT molecular complexity index is 1450. The van der Waals surface area contributed by atoms with Crippen LogP contribution in [0.4, 0.5) is 0 Å². The van der Waals surface area contributed by atoms with Gasteiger partial charge in [0.05, 0.1) is 23.1 Å². The van der Waals surface area contributed by atoms with E-state index < -0.39 is 10.0 Å². The number of pyridine rings is 1. The van der Waals surface area contributed by atoms with Gasteiger partial charge in [-0.15, -0.1) is 0 Å². The highest BCUT2D eigenvalue weighted by Crippen LogP contribution is 2.26. The second-order valence-electron chi connectivity index (χ2n) is 7.78. The minimum absolute atomic E-state index is 0.172. The largest absolute Gasteiger partial charge is 0.345 e. The molecule has 1 N–H and O–H groups in total. The van der Waals surface area contributed by atoms with Crippen molar-refractivity contribution in [2.45, 2.75) is 11.8 Å². The predicted molar refractivity (Wildman–Crippen MR) is 124 cm³/mol. The fourth-order valence-electron chi connectivity index (χ4n) is 4.07. The van der Waals surface area contributed by atoms with Crippen molar-refractivity contribution in [2.75, 3.05) is 26.2 Å². The quantitative estimate of drug-likeness (QED) is 0.479. The fraction of sp³-hybridized carbons (Fsp3) is 0.227. The molecule has 4 aromatic rings. The van der Waals surface area contributed by atoms with Crippen LogP contribution in [0, 0.1) is 6.92 Å². The van der Waals surface area contributed by atoms with Gasteiger partial charge < -0.3 is 9.88 Å². The van der Waals surface area contributed by atoms with E-state index in [1.165, 1.54) is 10.5 Å². The molecular weight excluding hydrogens is 464 g/mol. The molecule has 1 saturated heterocycles. The lowest BCUT2D eigenvalue weighted by atomic mass is 10.2. The molecule has 0 bridgehead atoms. The van der Waals surface area contributed by atoms with Crippen molar-refractivity contribution in [1.29, 1.82) is 0 Å². The van der Waals surface area contributed by atoms with Crippen LogP contribution in [-0.2, 0) is 10.0 Å². The smallest absolute Gasteiger partial charge is 0.257 e. The van der Waals surface area contributed by atoms with Crippen LogP contribution in [0.25, 0.3) is 16.7 Å². The van der Waals surface area contributed by atoms with Crippen LogP contribution in [0.15, 0.2) is 59.9 Å². The third kappa shape index (κ3) is 3.79. The number of aromatic amines is 1. The van der Waals surface area contributed by atoms with Crippen molar-refractivity contribution in [3.8, 4) is 5.69 Å². The summed E-state index contributed by atoms with van der Waals surface area (Å²) in [6, 6.07) is 10.7. The number of nitrogens with one attached hydrogen (secondary N) is 1. The molecule has 5 rings (SSSR count). The highest BCUT2D eigenvalue weighted by Gasteiger charge is 2.33. The number of hydrogen-bond donors (Lipinski definition) is 1. The zero-order chi connectivity index (χ0) is 23.2. The Kier molecular flexibility index (Phi) is 5.43. The number of fused-ring (bicyclic) bond motifs is 1. The number of hydrogen-bond acceptors (Lipinski definition) is 5. The van der Waals surface area contributed by atoms with Gasteiger partial charge in [-0.05, 0) is 37.3 Å². The van der Waals surface area contributed by atoms with Crippen molar-refractivity contribution in [1.82, 2.24) is 29.0 Å². The summed E-state index contributed by atoms with van der Waals surface area (Å²) in [6.07, 6.45) is 4.62. The molecule has 11 heteroatoms. The first-order valence-electron chi connectivity index (χ1n) is 10.4. The monoisotopic (exact) mass is 484 g/mol. The summed E-state index contributed by atoms with van der Waals surface area (Å²) in [4.78, 5) is 22.1. The Morgan fingerprint density at radius 2 is 1.91 bits per heavy atom. The van der Waals surface area contributed by atoms with E-state index in [1.807, 2.05) is 19.1 Å². The molecule has 0 spiro atoms. The average molecular weight is 485 g/mol. The van der Waals surface area contributed by atoms with Crippen molar-refractivity contribution in [3.05, 3.63) is 71.3 Å². The highest BCUT2D eigenvalue weighted by atomic mass is 35.5. The molecule has 1 aliphatic rings. The highest BCUT2D eigenvalue weighted by molar-refractivity contribution is 7.89. The molecule has 1 fully saturated rings. The van der Waals surface area contributed by atoms with E-state index >= 15 is 0 Å². The number of nitrogens with zero attached hydrogens (tertiary/aromatic N) is 5. The SMILES string of the molecule is Cc1c(C(=O)N2CCN(S(=O)(=O)c3c[nH]c4ncccc34)CC2)cnn1-c1cccc(Cl)c1. The molecule has 4 heterocycles. The number of H-pyrrole nitrogens is 1. The van der Waals surface area contributed by atoms with Crippen LogP contribution in [0.3, 0.4) is 0 Å². The molecule has 33 heavy (non-hydrogen) atoms. The number of carbonyl (C=O) groups excluding carboxylic acids is 1. The van der Waals surface area contributed by atoms with Crippen LogP contribution in [0.2, 0.25) is 5.02 Å². The maximum absolute atomic E-state index is 13.2. The first-order chi connectivity index (χ1) is 15.9. The summed E-state index contributed by atoms with van der Waals surface area (Å²) < 4.78 is 29.5. The predicted octanol–water partition coefficient (Wildman–Crippen LogP) is 2.86. The lowest BCUT2D eigenvalue weighted by Crippen LogP contribution is -2.50. The summed E-state index contributed by atoms with van der Waals surface area (Å²) in [5.41, 5.74) is 2.47. The number of piperazine rings is 1. The molecule has 0 atom stereocenters. The van der Waals surface area contributed by atoms with E-state index in [-0.39, 0.29) is 23.9 Å². The second kappa shape index (κ2) is 8.29. The lowest BCUT2D eigenvalue weighted by molar-refractivity contribution is 0.0697. The van der Waals surface area contributed by atoms with Crippen LogP contribution in [-0.4, -0.2) is 69.5 Å². The molecular formula is C22H21ClN6O3S. The Morgan fingerprint density at radius 3 is 2.67 bits per heavy atom. The minimum atomic E-state index is -3.71. The number of halogens is 1. The second-order valence-corrected chi connectivity index (χ2v) is 10.1. The normalized spacial score (nSPS) is 15.3. The molecule has 0 saturated carbocycles. The Labute approximate surface area is 195 Å². The summed E-state index contributed by atoms with van der Waals surface area (Å²) in [5, 5.41) is 5.49. The topological polar surface area (TPSA) is 104 Å². The average Bonchev–Trinajstić information content (AvgIpc) is 3.43. The van der Waals surface area contributed by atoms with Gasteiger partial charge in [0.2, 0.25) is 10.0 Å². The lowest BCUT2D eigenvalue weighted by Gasteiger charge is -2.33. The first-order valence-corrected chi connectivity index (χ1v) is 12.2. The fourth-order valence-corrected chi connectivity index (χ4v) is 5.83. The number of rotatable bonds is 4. The van der Waals surface area contributed by atoms with Crippen molar-refractivity contribution < 1.29 is 13.2 Å². The van der Waals surface area contributed by atoms with E-state index in [0.717, 1.165) is 5.69 Å². The standard InChI is InChI=1S/C22H21ClN6O3S/c1-15-19(13-26-29(15)17-5-2-4-16(23)12-17)22(30)27-8-10-28(11-9-27)33(31,32)20-14-25-21-18(20)6-3-7-24-21/h2-7,12-14H,8-11H2,1H3,(H,24,25). The molecule has 170 valence electrons. The minimum Gasteiger partial charge on any atom is -0.345 e. The number of carbonyl (C=O) groups is 1. The van der Waals surface area contributed by atoms with E-state index in [4.69, 9.17) is 11.6 Å². The van der Waals surface area contributed by atoms with Crippen molar-refractivity contribution in [2.24, 2.45) is 0 Å².